The summed E-state index contributed by atoms with van der Waals surface area (Å²) in [6.45, 7) is 6.56. The molecule has 0 spiro atoms. The molecule has 1 amide bonds. The van der Waals surface area contributed by atoms with Crippen LogP contribution in [-0.2, 0) is 9.53 Å². The smallest absolute Gasteiger partial charge is 0.234 e. The molecule has 0 atom stereocenters. The van der Waals surface area contributed by atoms with E-state index in [1.807, 2.05) is 32.0 Å². The second kappa shape index (κ2) is 11.4. The Balaban J connectivity index is 0.00000400. The van der Waals surface area contributed by atoms with Crippen LogP contribution in [0, 0.1) is 13.8 Å². The predicted octanol–water partition coefficient (Wildman–Crippen LogP) is 1.46. The second-order valence-corrected chi connectivity index (χ2v) is 4.59. The fourth-order valence-electron chi connectivity index (χ4n) is 1.81. The van der Waals surface area contributed by atoms with Gasteiger partial charge in [0.15, 0.2) is 0 Å². The van der Waals surface area contributed by atoms with Crippen molar-refractivity contribution in [2.24, 2.45) is 0 Å². The van der Waals surface area contributed by atoms with Crippen molar-refractivity contribution < 1.29 is 14.3 Å². The molecule has 0 heterocycles. The molecule has 5 nitrogen and oxygen atoms in total. The molecule has 0 aliphatic rings. The zero-order valence-corrected chi connectivity index (χ0v) is 13.7. The van der Waals surface area contributed by atoms with Crippen molar-refractivity contribution in [2.45, 2.75) is 13.8 Å². The summed E-state index contributed by atoms with van der Waals surface area (Å²) in [4.78, 5) is 11.5. The van der Waals surface area contributed by atoms with E-state index in [1.54, 1.807) is 7.11 Å². The Hall–Kier alpha value is -1.30. The highest BCUT2D eigenvalue weighted by atomic mass is 35.5. The van der Waals surface area contributed by atoms with Crippen molar-refractivity contribution in [2.75, 3.05) is 40.0 Å². The molecule has 0 unspecified atom stereocenters. The lowest BCUT2D eigenvalue weighted by Gasteiger charge is -2.12. The number of para-hydroxylation sites is 1. The highest BCUT2D eigenvalue weighted by Gasteiger charge is 2.03. The Labute approximate surface area is 132 Å². The molecular weight excluding hydrogens is 292 g/mol. The second-order valence-electron chi connectivity index (χ2n) is 4.59. The van der Waals surface area contributed by atoms with Crippen LogP contribution < -0.4 is 15.4 Å². The average Bonchev–Trinajstić information content (AvgIpc) is 2.42. The molecule has 0 saturated heterocycles. The van der Waals surface area contributed by atoms with Crippen molar-refractivity contribution in [3.63, 3.8) is 0 Å². The van der Waals surface area contributed by atoms with E-state index < -0.39 is 0 Å². The van der Waals surface area contributed by atoms with Crippen LogP contribution >= 0.6 is 12.4 Å². The summed E-state index contributed by atoms with van der Waals surface area (Å²) in [6, 6.07) is 6.03. The van der Waals surface area contributed by atoms with Gasteiger partial charge in [0.2, 0.25) is 5.91 Å². The zero-order valence-electron chi connectivity index (χ0n) is 12.9. The average molecular weight is 317 g/mol. The van der Waals surface area contributed by atoms with Gasteiger partial charge in [-0.2, -0.15) is 0 Å². The first-order chi connectivity index (χ1) is 9.65. The SMILES string of the molecule is COCCNCC(=O)NCCOc1c(C)cccc1C.Cl. The molecule has 21 heavy (non-hydrogen) atoms. The number of amides is 1. The third kappa shape index (κ3) is 7.90. The van der Waals surface area contributed by atoms with Crippen LogP contribution in [0.4, 0.5) is 0 Å². The molecule has 1 aromatic carbocycles. The zero-order chi connectivity index (χ0) is 14.8. The van der Waals surface area contributed by atoms with Crippen LogP contribution in [0.15, 0.2) is 18.2 Å². The molecule has 0 fully saturated rings. The Bertz CT molecular complexity index is 407. The minimum atomic E-state index is -0.0359. The van der Waals surface area contributed by atoms with Gasteiger partial charge < -0.3 is 20.1 Å². The highest BCUT2D eigenvalue weighted by Crippen LogP contribution is 2.21. The van der Waals surface area contributed by atoms with E-state index >= 15 is 0 Å². The first kappa shape index (κ1) is 19.7. The van der Waals surface area contributed by atoms with Crippen molar-refractivity contribution in [3.8, 4) is 5.75 Å². The van der Waals surface area contributed by atoms with Gasteiger partial charge >= 0.3 is 0 Å². The molecule has 0 aliphatic heterocycles. The first-order valence-electron chi connectivity index (χ1n) is 6.80. The number of nitrogens with one attached hydrogen (secondary N) is 2. The number of ether oxygens (including phenoxy) is 2. The van der Waals surface area contributed by atoms with Gasteiger partial charge in [0, 0.05) is 13.7 Å². The lowest BCUT2D eigenvalue weighted by molar-refractivity contribution is -0.120. The van der Waals surface area contributed by atoms with E-state index in [1.165, 1.54) is 0 Å². The molecule has 0 aromatic heterocycles. The fourth-order valence-corrected chi connectivity index (χ4v) is 1.81. The van der Waals surface area contributed by atoms with Crippen molar-refractivity contribution >= 4 is 18.3 Å². The quantitative estimate of drug-likeness (QED) is 0.677. The maximum absolute atomic E-state index is 11.5. The molecule has 1 rings (SSSR count). The van der Waals surface area contributed by atoms with E-state index in [9.17, 15) is 4.79 Å². The van der Waals surface area contributed by atoms with Gasteiger partial charge in [-0.1, -0.05) is 18.2 Å². The number of hydrogen-bond donors (Lipinski definition) is 2. The van der Waals surface area contributed by atoms with E-state index in [4.69, 9.17) is 9.47 Å². The van der Waals surface area contributed by atoms with E-state index in [2.05, 4.69) is 10.6 Å². The minimum Gasteiger partial charge on any atom is -0.491 e. The molecule has 1 aromatic rings. The summed E-state index contributed by atoms with van der Waals surface area (Å²) >= 11 is 0. The number of rotatable bonds is 9. The number of methoxy groups -OCH3 is 1. The van der Waals surface area contributed by atoms with Crippen LogP contribution in [-0.4, -0.2) is 45.9 Å². The van der Waals surface area contributed by atoms with Gasteiger partial charge in [0.1, 0.15) is 12.4 Å². The lowest BCUT2D eigenvalue weighted by Crippen LogP contribution is -2.37. The summed E-state index contributed by atoms with van der Waals surface area (Å²) in [5.41, 5.74) is 2.22. The van der Waals surface area contributed by atoms with Gasteiger partial charge in [0.25, 0.3) is 0 Å². The van der Waals surface area contributed by atoms with Gasteiger partial charge in [-0.15, -0.1) is 12.4 Å². The number of aryl methyl sites for hydroxylation is 2. The van der Waals surface area contributed by atoms with Crippen LogP contribution in [0.3, 0.4) is 0 Å². The van der Waals surface area contributed by atoms with Crippen molar-refractivity contribution in [1.29, 1.82) is 0 Å². The monoisotopic (exact) mass is 316 g/mol. The van der Waals surface area contributed by atoms with Crippen LogP contribution in [0.5, 0.6) is 5.75 Å². The Morgan fingerprint density at radius 3 is 2.43 bits per heavy atom. The van der Waals surface area contributed by atoms with Crippen molar-refractivity contribution in [3.05, 3.63) is 29.3 Å². The van der Waals surface area contributed by atoms with Crippen LogP contribution in [0.25, 0.3) is 0 Å². The third-order valence-corrected chi connectivity index (χ3v) is 2.85. The highest BCUT2D eigenvalue weighted by molar-refractivity contribution is 5.85. The summed E-state index contributed by atoms with van der Waals surface area (Å²) in [6.07, 6.45) is 0. The normalized spacial score (nSPS) is 9.86. The van der Waals surface area contributed by atoms with Gasteiger partial charge in [0.05, 0.1) is 19.7 Å². The summed E-state index contributed by atoms with van der Waals surface area (Å²) in [5.74, 6) is 0.867. The number of halogens is 1. The number of benzene rings is 1. The molecule has 0 bridgehead atoms. The summed E-state index contributed by atoms with van der Waals surface area (Å²) < 4.78 is 10.6. The maximum Gasteiger partial charge on any atom is 0.234 e. The van der Waals surface area contributed by atoms with E-state index in [0.29, 0.717) is 32.8 Å². The molecule has 2 N–H and O–H groups in total. The Morgan fingerprint density at radius 1 is 1.14 bits per heavy atom. The Kier molecular flexibility index (Phi) is 10.7. The van der Waals surface area contributed by atoms with E-state index in [0.717, 1.165) is 16.9 Å². The summed E-state index contributed by atoms with van der Waals surface area (Å²) in [7, 11) is 1.63. The third-order valence-electron chi connectivity index (χ3n) is 2.85. The molecule has 0 aliphatic carbocycles. The maximum atomic E-state index is 11.5. The Morgan fingerprint density at radius 2 is 1.81 bits per heavy atom. The molecule has 0 radical (unpaired) electrons. The number of carbonyl (C=O) groups is 1. The number of hydrogen-bond acceptors (Lipinski definition) is 4. The predicted molar refractivity (Wildman–Crippen MR) is 86.4 cm³/mol. The minimum absolute atomic E-state index is 0. The topological polar surface area (TPSA) is 59.6 Å². The van der Waals surface area contributed by atoms with Crippen LogP contribution in [0.2, 0.25) is 0 Å². The van der Waals surface area contributed by atoms with Gasteiger partial charge in [-0.25, -0.2) is 0 Å². The lowest BCUT2D eigenvalue weighted by atomic mass is 10.1. The first-order valence-corrected chi connectivity index (χ1v) is 6.80. The standard InChI is InChI=1S/C15H24N2O3.ClH/c1-12-5-4-6-13(2)15(12)20-10-8-17-14(18)11-16-7-9-19-3;/h4-6,16H,7-11H2,1-3H3,(H,17,18);1H. The van der Waals surface area contributed by atoms with Gasteiger partial charge in [-0.3, -0.25) is 4.79 Å². The molecule has 6 heteroatoms. The molecular formula is C15H25ClN2O3. The van der Waals surface area contributed by atoms with Crippen molar-refractivity contribution in [1.82, 2.24) is 10.6 Å². The summed E-state index contributed by atoms with van der Waals surface area (Å²) in [5, 5.41) is 5.79. The van der Waals surface area contributed by atoms with Crippen LogP contribution in [0.1, 0.15) is 11.1 Å². The van der Waals surface area contributed by atoms with E-state index in [-0.39, 0.29) is 18.3 Å². The number of carbonyl (C=O) groups excluding carboxylic acids is 1. The van der Waals surface area contributed by atoms with Gasteiger partial charge in [-0.05, 0) is 25.0 Å². The molecule has 120 valence electrons. The fraction of sp³-hybridized carbons (Fsp3) is 0.533. The largest absolute Gasteiger partial charge is 0.491 e. The molecule has 0 saturated carbocycles.